The third-order valence-corrected chi connectivity index (χ3v) is 4.58. The number of hydrogen-bond donors (Lipinski definition) is 0. The first-order valence-electron chi connectivity index (χ1n) is 8.79. The number of hydrogen-bond acceptors (Lipinski definition) is 5. The van der Waals surface area contributed by atoms with Crippen molar-refractivity contribution in [3.63, 3.8) is 0 Å². The Hall–Kier alpha value is -3.22. The number of carbonyl (C=O) groups is 3. The van der Waals surface area contributed by atoms with Crippen molar-refractivity contribution in [2.24, 2.45) is 5.92 Å². The number of rotatable bonds is 6. The van der Waals surface area contributed by atoms with Crippen LogP contribution in [0.25, 0.3) is 0 Å². The fourth-order valence-corrected chi connectivity index (χ4v) is 3.11. The average molecular weight is 385 g/mol. The minimum Gasteiger partial charge on any atom is -0.495 e. The highest BCUT2D eigenvalue weighted by molar-refractivity contribution is 6.01. The van der Waals surface area contributed by atoms with Gasteiger partial charge in [-0.25, -0.2) is 4.39 Å². The standard InChI is InChI=1S/C21H20FNO5/c1-13-6-7-19(27-2)17(8-13)23-11-15(10-20(23)25)21(26)28-12-18(24)14-4-3-5-16(22)9-14/h3-9,15H,10-12H2,1-2H3/t15-/m1/s1. The topological polar surface area (TPSA) is 72.9 Å². The van der Waals surface area contributed by atoms with E-state index in [4.69, 9.17) is 9.47 Å². The Morgan fingerprint density at radius 3 is 2.71 bits per heavy atom. The zero-order valence-corrected chi connectivity index (χ0v) is 15.6. The number of methoxy groups -OCH3 is 1. The quantitative estimate of drug-likeness (QED) is 0.565. The number of ketones is 1. The normalized spacial score (nSPS) is 16.2. The third kappa shape index (κ3) is 4.19. The monoisotopic (exact) mass is 385 g/mol. The first-order valence-corrected chi connectivity index (χ1v) is 8.79. The van der Waals surface area contributed by atoms with Crippen molar-refractivity contribution in [1.29, 1.82) is 0 Å². The lowest BCUT2D eigenvalue weighted by Gasteiger charge is -2.20. The molecule has 1 aliphatic rings. The second-order valence-electron chi connectivity index (χ2n) is 6.62. The van der Waals surface area contributed by atoms with Crippen molar-refractivity contribution in [2.75, 3.05) is 25.2 Å². The van der Waals surface area contributed by atoms with Gasteiger partial charge in [0.15, 0.2) is 12.4 Å². The molecule has 3 rings (SSSR count). The number of anilines is 1. The van der Waals surface area contributed by atoms with E-state index in [-0.39, 0.29) is 24.4 Å². The minimum absolute atomic E-state index is 0.00984. The average Bonchev–Trinajstić information content (AvgIpc) is 3.07. The number of ether oxygens (including phenoxy) is 2. The third-order valence-electron chi connectivity index (χ3n) is 4.58. The van der Waals surface area contributed by atoms with Gasteiger partial charge in [0, 0.05) is 18.5 Å². The van der Waals surface area contributed by atoms with Crippen LogP contribution < -0.4 is 9.64 Å². The summed E-state index contributed by atoms with van der Waals surface area (Å²) in [7, 11) is 1.51. The molecule has 146 valence electrons. The SMILES string of the molecule is COc1ccc(C)cc1N1C[C@H](C(=O)OCC(=O)c2cccc(F)c2)CC1=O. The molecular formula is C21H20FNO5. The van der Waals surface area contributed by atoms with Crippen molar-refractivity contribution in [1.82, 2.24) is 0 Å². The van der Waals surface area contributed by atoms with Crippen LogP contribution in [-0.4, -0.2) is 37.9 Å². The molecule has 1 atom stereocenters. The molecule has 2 aromatic carbocycles. The van der Waals surface area contributed by atoms with Crippen LogP contribution >= 0.6 is 0 Å². The van der Waals surface area contributed by atoms with E-state index in [0.29, 0.717) is 11.4 Å². The molecule has 0 spiro atoms. The number of Topliss-reactive ketones (excluding diaryl/α,β-unsaturated/α-hetero) is 1. The van der Waals surface area contributed by atoms with Gasteiger partial charge in [0.1, 0.15) is 11.6 Å². The van der Waals surface area contributed by atoms with E-state index in [1.165, 1.54) is 30.2 Å². The first kappa shape index (κ1) is 19.5. The van der Waals surface area contributed by atoms with Crippen LogP contribution in [0, 0.1) is 18.7 Å². The highest BCUT2D eigenvalue weighted by Gasteiger charge is 2.37. The molecule has 1 fully saturated rings. The van der Waals surface area contributed by atoms with E-state index < -0.39 is 30.1 Å². The maximum Gasteiger partial charge on any atom is 0.311 e. The molecule has 7 heteroatoms. The molecule has 0 aliphatic carbocycles. The smallest absolute Gasteiger partial charge is 0.311 e. The van der Waals surface area contributed by atoms with Gasteiger partial charge in [-0.05, 0) is 36.8 Å². The largest absolute Gasteiger partial charge is 0.495 e. The summed E-state index contributed by atoms with van der Waals surface area (Å²) < 4.78 is 23.6. The Morgan fingerprint density at radius 2 is 2.00 bits per heavy atom. The van der Waals surface area contributed by atoms with Gasteiger partial charge in [0.2, 0.25) is 5.91 Å². The fraction of sp³-hybridized carbons (Fsp3) is 0.286. The van der Waals surface area contributed by atoms with E-state index in [9.17, 15) is 18.8 Å². The van der Waals surface area contributed by atoms with E-state index in [1.807, 2.05) is 19.1 Å². The van der Waals surface area contributed by atoms with Crippen LogP contribution in [0.5, 0.6) is 5.75 Å². The molecule has 0 N–H and O–H groups in total. The van der Waals surface area contributed by atoms with Crippen molar-refractivity contribution in [3.8, 4) is 5.75 Å². The molecule has 1 aliphatic heterocycles. The van der Waals surface area contributed by atoms with Gasteiger partial charge in [-0.15, -0.1) is 0 Å². The maximum atomic E-state index is 13.2. The van der Waals surface area contributed by atoms with Crippen molar-refractivity contribution in [3.05, 3.63) is 59.4 Å². The first-order chi connectivity index (χ1) is 13.4. The van der Waals surface area contributed by atoms with Crippen LogP contribution in [0.4, 0.5) is 10.1 Å². The fourth-order valence-electron chi connectivity index (χ4n) is 3.11. The van der Waals surface area contributed by atoms with Crippen LogP contribution in [0.3, 0.4) is 0 Å². The molecule has 1 heterocycles. The summed E-state index contributed by atoms with van der Waals surface area (Å²) in [6.07, 6.45) is -0.00984. The maximum absolute atomic E-state index is 13.2. The summed E-state index contributed by atoms with van der Waals surface area (Å²) in [6, 6.07) is 10.6. The zero-order chi connectivity index (χ0) is 20.3. The van der Waals surface area contributed by atoms with Gasteiger partial charge < -0.3 is 14.4 Å². The lowest BCUT2D eigenvalue weighted by molar-refractivity contribution is -0.147. The second-order valence-corrected chi connectivity index (χ2v) is 6.62. The van der Waals surface area contributed by atoms with Gasteiger partial charge in [0.25, 0.3) is 0 Å². The Labute approximate surface area is 161 Å². The molecular weight excluding hydrogens is 365 g/mol. The van der Waals surface area contributed by atoms with Gasteiger partial charge in [-0.3, -0.25) is 14.4 Å². The number of benzene rings is 2. The van der Waals surface area contributed by atoms with E-state index in [1.54, 1.807) is 6.07 Å². The number of amides is 1. The number of halogens is 1. The summed E-state index contributed by atoms with van der Waals surface area (Å²) in [6.45, 7) is 1.54. The van der Waals surface area contributed by atoms with E-state index in [0.717, 1.165) is 11.6 Å². The molecule has 0 unspecified atom stereocenters. The van der Waals surface area contributed by atoms with E-state index in [2.05, 4.69) is 0 Å². The lowest BCUT2D eigenvalue weighted by Crippen LogP contribution is -2.27. The van der Waals surface area contributed by atoms with Crippen molar-refractivity contribution >= 4 is 23.3 Å². The Balaban J connectivity index is 1.64. The van der Waals surface area contributed by atoms with Gasteiger partial charge in [-0.2, -0.15) is 0 Å². The molecule has 1 amide bonds. The highest BCUT2D eigenvalue weighted by Crippen LogP contribution is 2.34. The molecule has 0 aromatic heterocycles. The van der Waals surface area contributed by atoms with Gasteiger partial charge in [-0.1, -0.05) is 18.2 Å². The number of carbonyl (C=O) groups excluding carboxylic acids is 3. The predicted molar refractivity (Wildman–Crippen MR) is 99.9 cm³/mol. The zero-order valence-electron chi connectivity index (χ0n) is 15.6. The summed E-state index contributed by atoms with van der Waals surface area (Å²) >= 11 is 0. The van der Waals surface area contributed by atoms with Gasteiger partial charge >= 0.3 is 5.97 Å². The van der Waals surface area contributed by atoms with Crippen LogP contribution in [0.1, 0.15) is 22.3 Å². The molecule has 1 saturated heterocycles. The summed E-state index contributed by atoms with van der Waals surface area (Å²) in [5.74, 6) is -2.04. The Morgan fingerprint density at radius 1 is 1.21 bits per heavy atom. The second kappa shape index (κ2) is 8.21. The predicted octanol–water partition coefficient (Wildman–Crippen LogP) is 2.92. The molecule has 6 nitrogen and oxygen atoms in total. The number of aryl methyl sites for hydroxylation is 1. The Bertz CT molecular complexity index is 927. The van der Waals surface area contributed by atoms with Crippen LogP contribution in [-0.2, 0) is 14.3 Å². The van der Waals surface area contributed by atoms with Crippen molar-refractivity contribution < 1.29 is 28.2 Å². The molecule has 0 bridgehead atoms. The summed E-state index contributed by atoms with van der Waals surface area (Å²) in [5.41, 5.74) is 1.68. The molecule has 28 heavy (non-hydrogen) atoms. The number of nitrogens with zero attached hydrogens (tertiary/aromatic N) is 1. The molecule has 0 radical (unpaired) electrons. The van der Waals surface area contributed by atoms with Crippen LogP contribution in [0.15, 0.2) is 42.5 Å². The van der Waals surface area contributed by atoms with Crippen molar-refractivity contribution in [2.45, 2.75) is 13.3 Å². The lowest BCUT2D eigenvalue weighted by atomic mass is 10.1. The highest BCUT2D eigenvalue weighted by atomic mass is 19.1. The van der Waals surface area contributed by atoms with Crippen LogP contribution in [0.2, 0.25) is 0 Å². The molecule has 0 saturated carbocycles. The summed E-state index contributed by atoms with van der Waals surface area (Å²) in [4.78, 5) is 38.3. The summed E-state index contributed by atoms with van der Waals surface area (Å²) in [5, 5.41) is 0. The molecule has 2 aromatic rings. The minimum atomic E-state index is -0.682. The van der Waals surface area contributed by atoms with E-state index >= 15 is 0 Å². The Kier molecular flexibility index (Phi) is 5.73. The van der Waals surface area contributed by atoms with Gasteiger partial charge in [0.05, 0.1) is 18.7 Å². The number of esters is 1.